The summed E-state index contributed by atoms with van der Waals surface area (Å²) in [6, 6.07) is 6.55. The molecule has 0 aromatic heterocycles. The van der Waals surface area contributed by atoms with Gasteiger partial charge in [-0.15, -0.1) is 0 Å². The molecule has 0 bridgehead atoms. The molecule has 0 aliphatic carbocycles. The highest BCUT2D eigenvalue weighted by atomic mass is 16.5. The third kappa shape index (κ3) is 4.09. The predicted octanol–water partition coefficient (Wildman–Crippen LogP) is 1.73. The van der Waals surface area contributed by atoms with Crippen LogP contribution in [0.2, 0.25) is 0 Å². The summed E-state index contributed by atoms with van der Waals surface area (Å²) in [5.41, 5.74) is 3.95. The molecule has 3 heteroatoms. The Morgan fingerprint density at radius 2 is 2.00 bits per heavy atom. The van der Waals surface area contributed by atoms with E-state index in [0.29, 0.717) is 0 Å². The average Bonchev–Trinajstić information content (AvgIpc) is 2.38. The zero-order valence-electron chi connectivity index (χ0n) is 11.5. The van der Waals surface area contributed by atoms with Crippen molar-refractivity contribution in [2.24, 2.45) is 0 Å². The molecule has 3 nitrogen and oxygen atoms in total. The standard InChI is InChI=1S/C15H24N2O/c1-13-3-4-15(14(2)11-13)12-18-10-9-17-7-5-16-6-8-17/h3-4,11,16H,5-10,12H2,1-2H3. The van der Waals surface area contributed by atoms with Crippen LogP contribution in [-0.2, 0) is 11.3 Å². The molecule has 1 heterocycles. The number of benzene rings is 1. The van der Waals surface area contributed by atoms with E-state index in [2.05, 4.69) is 42.3 Å². The summed E-state index contributed by atoms with van der Waals surface area (Å²) < 4.78 is 5.78. The van der Waals surface area contributed by atoms with Crippen molar-refractivity contribution in [3.8, 4) is 0 Å². The molecule has 1 aromatic rings. The number of hydrogen-bond donors (Lipinski definition) is 1. The van der Waals surface area contributed by atoms with Crippen molar-refractivity contribution in [2.45, 2.75) is 20.5 Å². The molecule has 0 saturated carbocycles. The van der Waals surface area contributed by atoms with Crippen molar-refractivity contribution >= 4 is 0 Å². The van der Waals surface area contributed by atoms with Crippen molar-refractivity contribution in [3.63, 3.8) is 0 Å². The van der Waals surface area contributed by atoms with Gasteiger partial charge in [0.05, 0.1) is 13.2 Å². The van der Waals surface area contributed by atoms with Crippen LogP contribution in [0.25, 0.3) is 0 Å². The van der Waals surface area contributed by atoms with Gasteiger partial charge < -0.3 is 10.1 Å². The number of ether oxygens (including phenoxy) is 1. The zero-order chi connectivity index (χ0) is 12.8. The van der Waals surface area contributed by atoms with Crippen LogP contribution < -0.4 is 5.32 Å². The fourth-order valence-corrected chi connectivity index (χ4v) is 2.32. The number of piperazine rings is 1. The first-order valence-corrected chi connectivity index (χ1v) is 6.82. The second kappa shape index (κ2) is 6.88. The fourth-order valence-electron chi connectivity index (χ4n) is 2.32. The first-order valence-electron chi connectivity index (χ1n) is 6.82. The van der Waals surface area contributed by atoms with Gasteiger partial charge in [-0.25, -0.2) is 0 Å². The lowest BCUT2D eigenvalue weighted by Gasteiger charge is -2.26. The molecule has 2 rings (SSSR count). The van der Waals surface area contributed by atoms with E-state index in [1.165, 1.54) is 16.7 Å². The van der Waals surface area contributed by atoms with E-state index in [0.717, 1.165) is 45.9 Å². The molecule has 0 spiro atoms. The summed E-state index contributed by atoms with van der Waals surface area (Å²) in [6.45, 7) is 11.4. The summed E-state index contributed by atoms with van der Waals surface area (Å²) >= 11 is 0. The maximum absolute atomic E-state index is 5.78. The Hall–Kier alpha value is -0.900. The highest BCUT2D eigenvalue weighted by Gasteiger charge is 2.08. The van der Waals surface area contributed by atoms with Gasteiger partial charge >= 0.3 is 0 Å². The van der Waals surface area contributed by atoms with Gasteiger partial charge in [-0.3, -0.25) is 4.90 Å². The first kappa shape index (κ1) is 13.5. The number of nitrogens with one attached hydrogen (secondary N) is 1. The monoisotopic (exact) mass is 248 g/mol. The van der Waals surface area contributed by atoms with Crippen LogP contribution in [0.5, 0.6) is 0 Å². The topological polar surface area (TPSA) is 24.5 Å². The van der Waals surface area contributed by atoms with Gasteiger partial charge in [0, 0.05) is 32.7 Å². The van der Waals surface area contributed by atoms with Crippen molar-refractivity contribution < 1.29 is 4.74 Å². The Kier molecular flexibility index (Phi) is 5.17. The van der Waals surface area contributed by atoms with Crippen molar-refractivity contribution in [1.29, 1.82) is 0 Å². The van der Waals surface area contributed by atoms with E-state index in [1.807, 2.05) is 0 Å². The summed E-state index contributed by atoms with van der Waals surface area (Å²) in [4.78, 5) is 2.46. The van der Waals surface area contributed by atoms with Gasteiger partial charge in [0.15, 0.2) is 0 Å². The first-order chi connectivity index (χ1) is 8.75. The minimum absolute atomic E-state index is 0.734. The van der Waals surface area contributed by atoms with Crippen LogP contribution in [0.3, 0.4) is 0 Å². The minimum atomic E-state index is 0.734. The lowest BCUT2D eigenvalue weighted by Crippen LogP contribution is -2.44. The second-order valence-corrected chi connectivity index (χ2v) is 5.07. The van der Waals surface area contributed by atoms with Crippen LogP contribution in [0.1, 0.15) is 16.7 Å². The van der Waals surface area contributed by atoms with E-state index in [4.69, 9.17) is 4.74 Å². The minimum Gasteiger partial charge on any atom is -0.375 e. The number of rotatable bonds is 5. The van der Waals surface area contributed by atoms with Crippen LogP contribution in [-0.4, -0.2) is 44.2 Å². The average molecular weight is 248 g/mol. The summed E-state index contributed by atoms with van der Waals surface area (Å²) in [6.07, 6.45) is 0. The lowest BCUT2D eigenvalue weighted by molar-refractivity contribution is 0.0883. The Labute approximate surface area is 110 Å². The summed E-state index contributed by atoms with van der Waals surface area (Å²) in [7, 11) is 0. The highest BCUT2D eigenvalue weighted by molar-refractivity contribution is 5.29. The SMILES string of the molecule is Cc1ccc(COCCN2CCNCC2)c(C)c1. The van der Waals surface area contributed by atoms with E-state index in [-0.39, 0.29) is 0 Å². The van der Waals surface area contributed by atoms with Crippen molar-refractivity contribution in [3.05, 3.63) is 34.9 Å². The van der Waals surface area contributed by atoms with Gasteiger partial charge in [-0.2, -0.15) is 0 Å². The normalized spacial score (nSPS) is 17.0. The third-order valence-corrected chi connectivity index (χ3v) is 3.52. The van der Waals surface area contributed by atoms with E-state index in [1.54, 1.807) is 0 Å². The Morgan fingerprint density at radius 1 is 1.22 bits per heavy atom. The molecule has 0 atom stereocenters. The summed E-state index contributed by atoms with van der Waals surface area (Å²) in [5.74, 6) is 0. The maximum atomic E-state index is 5.78. The Bertz CT molecular complexity index is 373. The molecule has 1 aliphatic rings. The van der Waals surface area contributed by atoms with Gasteiger partial charge in [0.25, 0.3) is 0 Å². The molecule has 0 amide bonds. The van der Waals surface area contributed by atoms with Gasteiger partial charge in [0.1, 0.15) is 0 Å². The lowest BCUT2D eigenvalue weighted by atomic mass is 10.1. The van der Waals surface area contributed by atoms with Gasteiger partial charge in [-0.1, -0.05) is 23.8 Å². The molecule has 18 heavy (non-hydrogen) atoms. The molecule has 1 saturated heterocycles. The van der Waals surface area contributed by atoms with E-state index >= 15 is 0 Å². The highest BCUT2D eigenvalue weighted by Crippen LogP contribution is 2.11. The third-order valence-electron chi connectivity index (χ3n) is 3.52. The predicted molar refractivity (Wildman–Crippen MR) is 74.9 cm³/mol. The van der Waals surface area contributed by atoms with Crippen LogP contribution in [0.4, 0.5) is 0 Å². The van der Waals surface area contributed by atoms with E-state index < -0.39 is 0 Å². The van der Waals surface area contributed by atoms with Crippen LogP contribution in [0.15, 0.2) is 18.2 Å². The molecule has 1 aliphatic heterocycles. The maximum Gasteiger partial charge on any atom is 0.0720 e. The molecule has 1 N–H and O–H groups in total. The molecule has 100 valence electrons. The van der Waals surface area contributed by atoms with Gasteiger partial charge in [-0.05, 0) is 25.0 Å². The molecule has 1 aromatic carbocycles. The zero-order valence-corrected chi connectivity index (χ0v) is 11.5. The molecule has 0 radical (unpaired) electrons. The van der Waals surface area contributed by atoms with Gasteiger partial charge in [0.2, 0.25) is 0 Å². The van der Waals surface area contributed by atoms with E-state index in [9.17, 15) is 0 Å². The smallest absolute Gasteiger partial charge is 0.0720 e. The summed E-state index contributed by atoms with van der Waals surface area (Å²) in [5, 5.41) is 3.36. The molecule has 0 unspecified atom stereocenters. The van der Waals surface area contributed by atoms with Crippen LogP contribution >= 0.6 is 0 Å². The Morgan fingerprint density at radius 3 is 2.72 bits per heavy atom. The van der Waals surface area contributed by atoms with Crippen molar-refractivity contribution in [1.82, 2.24) is 10.2 Å². The Balaban J connectivity index is 1.68. The molecule has 1 fully saturated rings. The molecular formula is C15H24N2O. The fraction of sp³-hybridized carbons (Fsp3) is 0.600. The van der Waals surface area contributed by atoms with Crippen LogP contribution in [0, 0.1) is 13.8 Å². The van der Waals surface area contributed by atoms with Crippen molar-refractivity contribution in [2.75, 3.05) is 39.3 Å². The quantitative estimate of drug-likeness (QED) is 0.803. The largest absolute Gasteiger partial charge is 0.375 e. The number of hydrogen-bond acceptors (Lipinski definition) is 3. The number of aryl methyl sites for hydroxylation is 2. The number of nitrogens with zero attached hydrogens (tertiary/aromatic N) is 1. The second-order valence-electron chi connectivity index (χ2n) is 5.07. The molecular weight excluding hydrogens is 224 g/mol.